The number of aliphatic imine (C=N–C) groups is 1. The van der Waals surface area contributed by atoms with Crippen LogP contribution in [0.15, 0.2) is 82.7 Å². The van der Waals surface area contributed by atoms with Gasteiger partial charge < -0.3 is 0 Å². The maximum atomic E-state index is 13.4. The molecule has 0 bridgehead atoms. The van der Waals surface area contributed by atoms with Gasteiger partial charge in [0.15, 0.2) is 0 Å². The van der Waals surface area contributed by atoms with Crippen molar-refractivity contribution in [1.82, 2.24) is 0 Å². The second-order valence-electron chi connectivity index (χ2n) is 10.7. The fraction of sp³-hybridized carbons (Fsp3) is 0.406. The highest BCUT2D eigenvalue weighted by Crippen LogP contribution is 2.58. The van der Waals surface area contributed by atoms with E-state index in [1.165, 1.54) is 36.8 Å². The molecule has 0 radical (unpaired) electrons. The first-order valence-electron chi connectivity index (χ1n) is 13.1. The van der Waals surface area contributed by atoms with Gasteiger partial charge in [-0.1, -0.05) is 68.7 Å². The number of hydrogen-bond donors (Lipinski definition) is 0. The van der Waals surface area contributed by atoms with Crippen molar-refractivity contribution < 1.29 is 4.39 Å². The van der Waals surface area contributed by atoms with Gasteiger partial charge >= 0.3 is 0 Å². The van der Waals surface area contributed by atoms with Crippen molar-refractivity contribution >= 4 is 23.7 Å². The summed E-state index contributed by atoms with van der Waals surface area (Å²) in [6, 6.07) is 24.6. The predicted molar refractivity (Wildman–Crippen MR) is 148 cm³/mol. The van der Waals surface area contributed by atoms with Crippen LogP contribution in [-0.4, -0.2) is 12.0 Å². The Hall–Kier alpha value is -2.39. The second-order valence-corrected chi connectivity index (χ2v) is 11.8. The van der Waals surface area contributed by atoms with E-state index in [4.69, 9.17) is 4.99 Å². The van der Waals surface area contributed by atoms with Gasteiger partial charge in [-0.05, 0) is 90.5 Å². The Kier molecular flexibility index (Phi) is 7.16. The summed E-state index contributed by atoms with van der Waals surface area (Å²) >= 11 is 1.85. The van der Waals surface area contributed by atoms with Crippen molar-refractivity contribution in [3.8, 4) is 0 Å². The third kappa shape index (κ3) is 4.85. The van der Waals surface area contributed by atoms with Crippen molar-refractivity contribution in [2.45, 2.75) is 62.7 Å². The summed E-state index contributed by atoms with van der Waals surface area (Å²) in [5, 5.41) is 0. The van der Waals surface area contributed by atoms with E-state index >= 15 is 0 Å². The third-order valence-electron chi connectivity index (χ3n) is 8.62. The maximum Gasteiger partial charge on any atom is 0.123 e. The molecule has 1 nitrogen and oxygen atoms in total. The molecule has 1 saturated carbocycles. The zero-order valence-electron chi connectivity index (χ0n) is 21.1. The topological polar surface area (TPSA) is 12.4 Å². The van der Waals surface area contributed by atoms with E-state index in [1.54, 1.807) is 17.7 Å². The summed E-state index contributed by atoms with van der Waals surface area (Å²) in [5.74, 6) is 2.73. The smallest absolute Gasteiger partial charge is 0.123 e. The van der Waals surface area contributed by atoms with Gasteiger partial charge in [0, 0.05) is 22.8 Å². The summed E-state index contributed by atoms with van der Waals surface area (Å²) in [5.41, 5.74) is 5.61. The van der Waals surface area contributed by atoms with Crippen LogP contribution in [-0.2, 0) is 5.41 Å². The lowest BCUT2D eigenvalue weighted by molar-refractivity contribution is 0.135. The summed E-state index contributed by atoms with van der Waals surface area (Å²) in [6.45, 7) is 7.04. The molecule has 3 heteroatoms. The summed E-state index contributed by atoms with van der Waals surface area (Å²) < 4.78 is 13.4. The van der Waals surface area contributed by atoms with E-state index in [0.29, 0.717) is 17.8 Å². The number of hydrogen-bond acceptors (Lipinski definition) is 2. The fourth-order valence-corrected chi connectivity index (χ4v) is 7.80. The molecule has 3 aromatic carbocycles. The normalized spacial score (nSPS) is 24.1. The summed E-state index contributed by atoms with van der Waals surface area (Å²) in [4.78, 5) is 6.15. The van der Waals surface area contributed by atoms with Gasteiger partial charge in [0.2, 0.25) is 0 Å². The first-order valence-corrected chi connectivity index (χ1v) is 14.1. The monoisotopic (exact) mass is 485 g/mol. The van der Waals surface area contributed by atoms with Crippen LogP contribution in [0.5, 0.6) is 0 Å². The minimum Gasteiger partial charge on any atom is -0.261 e. The molecular formula is C32H36FNS. The molecule has 2 aliphatic rings. The standard InChI is InChI=1S/C32H36FNS/c1-22-10-14-26(15-11-22)34-20-29-28-8-4-5-9-30(28)32(18-6-7-19-32)24(3)31(29)23(2)21-35-27-16-12-25(33)13-17-27/h4-5,8-17,20,23-24,29,31H,6-7,18-19,21H2,1-3H3. The van der Waals surface area contributed by atoms with Crippen LogP contribution < -0.4 is 0 Å². The minimum absolute atomic E-state index is 0.171. The van der Waals surface area contributed by atoms with Gasteiger partial charge in [-0.3, -0.25) is 4.99 Å². The minimum atomic E-state index is -0.171. The SMILES string of the molecule is Cc1ccc(N=CC2c3ccccc3C3(CCCC3)C(C)C2C(C)CSc2ccc(F)cc2)cc1. The highest BCUT2D eigenvalue weighted by Gasteiger charge is 2.51. The molecule has 5 rings (SSSR count). The molecule has 35 heavy (non-hydrogen) atoms. The molecule has 4 unspecified atom stereocenters. The van der Waals surface area contributed by atoms with E-state index in [-0.39, 0.29) is 17.2 Å². The van der Waals surface area contributed by atoms with E-state index in [1.807, 2.05) is 23.9 Å². The molecular weight excluding hydrogens is 449 g/mol. The highest BCUT2D eigenvalue weighted by atomic mass is 32.2. The molecule has 0 aromatic heterocycles. The van der Waals surface area contributed by atoms with Gasteiger partial charge in [0.05, 0.1) is 5.69 Å². The summed E-state index contributed by atoms with van der Waals surface area (Å²) in [6.07, 6.45) is 7.48. The van der Waals surface area contributed by atoms with E-state index in [2.05, 4.69) is 75.5 Å². The lowest BCUT2D eigenvalue weighted by Gasteiger charge is -2.51. The van der Waals surface area contributed by atoms with Crippen molar-refractivity contribution in [1.29, 1.82) is 0 Å². The Bertz CT molecular complexity index is 1160. The van der Waals surface area contributed by atoms with E-state index < -0.39 is 0 Å². The Morgan fingerprint density at radius 2 is 1.69 bits per heavy atom. The average molecular weight is 486 g/mol. The molecule has 1 fully saturated rings. The largest absolute Gasteiger partial charge is 0.261 e. The number of fused-ring (bicyclic) bond motifs is 2. The zero-order chi connectivity index (χ0) is 24.4. The Morgan fingerprint density at radius 1 is 1.00 bits per heavy atom. The Labute approximate surface area is 214 Å². The van der Waals surface area contributed by atoms with E-state index in [0.717, 1.165) is 16.3 Å². The number of aryl methyl sites for hydroxylation is 1. The molecule has 0 amide bonds. The molecule has 1 spiro atoms. The second kappa shape index (κ2) is 10.3. The number of halogens is 1. The Balaban J connectivity index is 1.50. The Morgan fingerprint density at radius 3 is 2.40 bits per heavy atom. The van der Waals surface area contributed by atoms with Crippen LogP contribution in [0.3, 0.4) is 0 Å². The molecule has 0 saturated heterocycles. The molecule has 4 atom stereocenters. The lowest BCUT2D eigenvalue weighted by Crippen LogP contribution is -2.46. The van der Waals surface area contributed by atoms with Crippen LogP contribution in [0, 0.1) is 30.5 Å². The maximum absolute atomic E-state index is 13.4. The first kappa shape index (κ1) is 24.3. The van der Waals surface area contributed by atoms with Crippen LogP contribution in [0.4, 0.5) is 10.1 Å². The third-order valence-corrected chi connectivity index (χ3v) is 9.92. The molecule has 0 heterocycles. The quantitative estimate of drug-likeness (QED) is 0.250. The molecule has 0 aliphatic heterocycles. The van der Waals surface area contributed by atoms with Crippen LogP contribution in [0.2, 0.25) is 0 Å². The van der Waals surface area contributed by atoms with Gasteiger partial charge in [0.1, 0.15) is 5.82 Å². The van der Waals surface area contributed by atoms with Gasteiger partial charge in [0.25, 0.3) is 0 Å². The predicted octanol–water partition coefficient (Wildman–Crippen LogP) is 9.13. The molecule has 2 aliphatic carbocycles. The van der Waals surface area contributed by atoms with Crippen molar-refractivity contribution in [2.24, 2.45) is 22.7 Å². The van der Waals surface area contributed by atoms with Crippen LogP contribution in [0.25, 0.3) is 0 Å². The zero-order valence-corrected chi connectivity index (χ0v) is 21.9. The first-order chi connectivity index (χ1) is 17.0. The van der Waals surface area contributed by atoms with Crippen molar-refractivity contribution in [3.63, 3.8) is 0 Å². The lowest BCUT2D eigenvalue weighted by atomic mass is 9.53. The summed E-state index contributed by atoms with van der Waals surface area (Å²) in [7, 11) is 0. The number of nitrogens with zero attached hydrogens (tertiary/aromatic N) is 1. The average Bonchev–Trinajstić information content (AvgIpc) is 3.37. The number of benzene rings is 3. The van der Waals surface area contributed by atoms with Gasteiger partial charge in [-0.15, -0.1) is 11.8 Å². The van der Waals surface area contributed by atoms with Crippen molar-refractivity contribution in [2.75, 3.05) is 5.75 Å². The van der Waals surface area contributed by atoms with Gasteiger partial charge in [-0.2, -0.15) is 0 Å². The number of rotatable bonds is 6. The van der Waals surface area contributed by atoms with E-state index in [9.17, 15) is 4.39 Å². The van der Waals surface area contributed by atoms with Crippen molar-refractivity contribution in [3.05, 3.63) is 95.3 Å². The van der Waals surface area contributed by atoms with Crippen LogP contribution in [0.1, 0.15) is 62.1 Å². The molecule has 182 valence electrons. The molecule has 0 N–H and O–H groups in total. The number of thioether (sulfide) groups is 1. The highest BCUT2D eigenvalue weighted by molar-refractivity contribution is 7.99. The van der Waals surface area contributed by atoms with Gasteiger partial charge in [-0.25, -0.2) is 4.39 Å². The fourth-order valence-electron chi connectivity index (χ4n) is 6.80. The molecule has 3 aromatic rings. The van der Waals surface area contributed by atoms with Crippen LogP contribution >= 0.6 is 11.8 Å².